The molecular weight excluding hydrogens is 328 g/mol. The van der Waals surface area contributed by atoms with Crippen LogP contribution in [-0.4, -0.2) is 22.5 Å². The topological polar surface area (TPSA) is 60.3 Å². The zero-order valence-electron chi connectivity index (χ0n) is 16.1. The largest absolute Gasteiger partial charge is 0.449 e. The summed E-state index contributed by atoms with van der Waals surface area (Å²) in [7, 11) is 0. The molecule has 2 aromatic rings. The maximum atomic E-state index is 12.5. The smallest absolute Gasteiger partial charge is 0.340 e. The summed E-state index contributed by atoms with van der Waals surface area (Å²) in [5, 5.41) is 2.85. The number of nitrogens with zero attached hydrogens (tertiary/aromatic N) is 1. The zero-order valence-corrected chi connectivity index (χ0v) is 16.1. The van der Waals surface area contributed by atoms with Gasteiger partial charge in [0.25, 0.3) is 5.91 Å². The number of rotatable bonds is 5. The molecule has 1 aromatic heterocycles. The number of carbonyl (C=O) groups excluding carboxylic acids is 2. The van der Waals surface area contributed by atoms with E-state index in [-0.39, 0.29) is 5.91 Å². The summed E-state index contributed by atoms with van der Waals surface area (Å²) < 4.78 is 7.62. The molecule has 1 aliphatic rings. The lowest BCUT2D eigenvalue weighted by atomic mass is 10.1. The number of nitrogens with one attached hydrogen (secondary N) is 1. The SMILES string of the molecule is Cc1ccc(C)c(NC(=O)[C@@H](C)OC(=O)c2cc(C)n(C3CC3)c2C)c1. The minimum absolute atomic E-state index is 0.331. The number of amides is 1. The Morgan fingerprint density at radius 3 is 2.50 bits per heavy atom. The highest BCUT2D eigenvalue weighted by atomic mass is 16.5. The van der Waals surface area contributed by atoms with E-state index >= 15 is 0 Å². The minimum atomic E-state index is -0.869. The number of carbonyl (C=O) groups is 2. The number of aromatic nitrogens is 1. The molecule has 0 radical (unpaired) electrons. The van der Waals surface area contributed by atoms with E-state index in [0.29, 0.717) is 11.6 Å². The number of hydrogen-bond donors (Lipinski definition) is 1. The highest BCUT2D eigenvalue weighted by Gasteiger charge is 2.29. The molecule has 0 unspecified atom stereocenters. The fourth-order valence-corrected chi connectivity index (χ4v) is 3.26. The lowest BCUT2D eigenvalue weighted by Gasteiger charge is -2.15. The van der Waals surface area contributed by atoms with Gasteiger partial charge in [0.2, 0.25) is 0 Å². The summed E-state index contributed by atoms with van der Waals surface area (Å²) in [5.41, 5.74) is 5.28. The van der Waals surface area contributed by atoms with Gasteiger partial charge < -0.3 is 14.6 Å². The molecule has 0 spiro atoms. The van der Waals surface area contributed by atoms with Crippen LogP contribution in [0.25, 0.3) is 0 Å². The first-order valence-corrected chi connectivity index (χ1v) is 9.05. The molecule has 1 fully saturated rings. The summed E-state index contributed by atoms with van der Waals surface area (Å²) in [5.74, 6) is -0.781. The summed E-state index contributed by atoms with van der Waals surface area (Å²) in [6, 6.07) is 8.20. The maximum absolute atomic E-state index is 12.5. The normalized spacial score (nSPS) is 14.8. The summed E-state index contributed by atoms with van der Waals surface area (Å²) >= 11 is 0. The second-order valence-corrected chi connectivity index (χ2v) is 7.24. The summed E-state index contributed by atoms with van der Waals surface area (Å²) in [6.45, 7) is 9.42. The summed E-state index contributed by atoms with van der Waals surface area (Å²) in [4.78, 5) is 25.0. The van der Waals surface area contributed by atoms with Crippen molar-refractivity contribution in [3.8, 4) is 0 Å². The van der Waals surface area contributed by atoms with Crippen LogP contribution in [0.15, 0.2) is 24.3 Å². The average molecular weight is 354 g/mol. The van der Waals surface area contributed by atoms with Crippen LogP contribution in [0.5, 0.6) is 0 Å². The van der Waals surface area contributed by atoms with Crippen LogP contribution in [0, 0.1) is 27.7 Å². The molecule has 1 aromatic carbocycles. The molecule has 5 nitrogen and oxygen atoms in total. The molecule has 1 atom stereocenters. The molecule has 1 heterocycles. The van der Waals surface area contributed by atoms with Crippen molar-refractivity contribution in [2.45, 2.75) is 59.6 Å². The van der Waals surface area contributed by atoms with E-state index in [4.69, 9.17) is 4.74 Å². The molecule has 26 heavy (non-hydrogen) atoms. The number of anilines is 1. The van der Waals surface area contributed by atoms with Crippen LogP contribution >= 0.6 is 0 Å². The van der Waals surface area contributed by atoms with E-state index in [1.165, 1.54) is 0 Å². The van der Waals surface area contributed by atoms with Crippen LogP contribution in [0.4, 0.5) is 5.69 Å². The quantitative estimate of drug-likeness (QED) is 0.817. The molecule has 1 saturated carbocycles. The Bertz CT molecular complexity index is 862. The lowest BCUT2D eigenvalue weighted by Crippen LogP contribution is -2.30. The Hall–Kier alpha value is -2.56. The molecule has 0 bridgehead atoms. The number of ether oxygens (including phenoxy) is 1. The van der Waals surface area contributed by atoms with E-state index in [9.17, 15) is 9.59 Å². The molecule has 1 N–H and O–H groups in total. The fraction of sp³-hybridized carbons (Fsp3) is 0.429. The highest BCUT2D eigenvalue weighted by molar-refractivity contribution is 5.98. The van der Waals surface area contributed by atoms with Crippen LogP contribution in [-0.2, 0) is 9.53 Å². The third kappa shape index (κ3) is 3.66. The monoisotopic (exact) mass is 354 g/mol. The van der Waals surface area contributed by atoms with Gasteiger partial charge in [-0.15, -0.1) is 0 Å². The predicted molar refractivity (Wildman–Crippen MR) is 102 cm³/mol. The van der Waals surface area contributed by atoms with Crippen LogP contribution < -0.4 is 5.32 Å². The van der Waals surface area contributed by atoms with Gasteiger partial charge in [0.15, 0.2) is 6.10 Å². The van der Waals surface area contributed by atoms with Crippen molar-refractivity contribution >= 4 is 17.6 Å². The second-order valence-electron chi connectivity index (χ2n) is 7.24. The molecule has 5 heteroatoms. The maximum Gasteiger partial charge on any atom is 0.340 e. The Kier molecular flexibility index (Phi) is 4.90. The van der Waals surface area contributed by atoms with Crippen molar-refractivity contribution in [1.29, 1.82) is 0 Å². The first kappa shape index (κ1) is 18.2. The van der Waals surface area contributed by atoms with Gasteiger partial charge >= 0.3 is 5.97 Å². The van der Waals surface area contributed by atoms with E-state index in [2.05, 4.69) is 9.88 Å². The van der Waals surface area contributed by atoms with E-state index in [1.54, 1.807) is 6.92 Å². The molecule has 0 saturated heterocycles. The number of benzene rings is 1. The third-order valence-electron chi connectivity index (χ3n) is 4.92. The van der Waals surface area contributed by atoms with Crippen molar-refractivity contribution in [2.75, 3.05) is 5.32 Å². The number of esters is 1. The molecule has 1 aliphatic carbocycles. The zero-order chi connectivity index (χ0) is 19.0. The van der Waals surface area contributed by atoms with Crippen molar-refractivity contribution in [3.05, 3.63) is 52.3 Å². The molecule has 0 aliphatic heterocycles. The first-order chi connectivity index (χ1) is 12.3. The van der Waals surface area contributed by atoms with Gasteiger partial charge in [-0.2, -0.15) is 0 Å². The van der Waals surface area contributed by atoms with E-state index < -0.39 is 12.1 Å². The summed E-state index contributed by atoms with van der Waals surface area (Å²) in [6.07, 6.45) is 1.44. The number of hydrogen-bond acceptors (Lipinski definition) is 3. The van der Waals surface area contributed by atoms with Gasteiger partial charge in [0.05, 0.1) is 5.56 Å². The molecule has 138 valence electrons. The van der Waals surface area contributed by atoms with Gasteiger partial charge in [0.1, 0.15) is 0 Å². The van der Waals surface area contributed by atoms with Crippen molar-refractivity contribution in [3.63, 3.8) is 0 Å². The van der Waals surface area contributed by atoms with Crippen molar-refractivity contribution in [1.82, 2.24) is 4.57 Å². The van der Waals surface area contributed by atoms with Crippen LogP contribution in [0.1, 0.15) is 58.7 Å². The Labute approximate surface area is 154 Å². The Morgan fingerprint density at radius 2 is 1.85 bits per heavy atom. The molecular formula is C21H26N2O3. The van der Waals surface area contributed by atoms with E-state index in [0.717, 1.165) is 41.0 Å². The Balaban J connectivity index is 1.68. The van der Waals surface area contributed by atoms with Crippen molar-refractivity contribution < 1.29 is 14.3 Å². The van der Waals surface area contributed by atoms with E-state index in [1.807, 2.05) is 52.0 Å². The number of aryl methyl sites for hydroxylation is 3. The third-order valence-corrected chi connectivity index (χ3v) is 4.92. The standard InChI is InChI=1S/C21H26N2O3/c1-12-6-7-13(2)19(10-12)22-20(24)16(5)26-21(25)18-11-14(3)23(15(18)4)17-8-9-17/h6-7,10-11,16-17H,8-9H2,1-5H3,(H,22,24)/t16-/m1/s1. The van der Waals surface area contributed by atoms with Gasteiger partial charge in [-0.05, 0) is 70.7 Å². The second kappa shape index (κ2) is 6.98. The molecule has 3 rings (SSSR count). The lowest BCUT2D eigenvalue weighted by molar-refractivity contribution is -0.123. The molecule has 1 amide bonds. The van der Waals surface area contributed by atoms with Crippen molar-refractivity contribution in [2.24, 2.45) is 0 Å². The first-order valence-electron chi connectivity index (χ1n) is 9.05. The van der Waals surface area contributed by atoms with Gasteiger partial charge in [-0.25, -0.2) is 4.79 Å². The average Bonchev–Trinajstić information content (AvgIpc) is 3.36. The highest BCUT2D eigenvalue weighted by Crippen LogP contribution is 2.38. The van der Waals surface area contributed by atoms with Gasteiger partial charge in [-0.3, -0.25) is 4.79 Å². The van der Waals surface area contributed by atoms with Crippen LogP contribution in [0.2, 0.25) is 0 Å². The van der Waals surface area contributed by atoms with Crippen LogP contribution in [0.3, 0.4) is 0 Å². The Morgan fingerprint density at radius 1 is 1.15 bits per heavy atom. The predicted octanol–water partition coefficient (Wildman–Crippen LogP) is 4.24. The minimum Gasteiger partial charge on any atom is -0.449 e. The fourth-order valence-electron chi connectivity index (χ4n) is 3.26. The van der Waals surface area contributed by atoms with Gasteiger partial charge in [0, 0.05) is 23.1 Å². The van der Waals surface area contributed by atoms with Gasteiger partial charge in [-0.1, -0.05) is 12.1 Å².